The lowest BCUT2D eigenvalue weighted by molar-refractivity contribution is -0.385. The van der Waals surface area contributed by atoms with Crippen LogP contribution in [-0.4, -0.2) is 16.8 Å². The topological polar surface area (TPSA) is 81.8 Å². The van der Waals surface area contributed by atoms with Gasteiger partial charge in [-0.05, 0) is 42.8 Å². The Morgan fingerprint density at radius 3 is 2.37 bits per heavy atom. The Morgan fingerprint density at radius 2 is 1.81 bits per heavy atom. The highest BCUT2D eigenvalue weighted by Gasteiger charge is 2.30. The van der Waals surface area contributed by atoms with Gasteiger partial charge in [-0.3, -0.25) is 10.1 Å². The maximum Gasteiger partial charge on any atom is 0.416 e. The summed E-state index contributed by atoms with van der Waals surface area (Å²) in [4.78, 5) is 26.3. The smallest absolute Gasteiger partial charge is 0.402 e. The van der Waals surface area contributed by atoms with Gasteiger partial charge in [0.05, 0.1) is 10.5 Å². The molecule has 0 spiro atoms. The van der Waals surface area contributed by atoms with E-state index in [0.29, 0.717) is 16.7 Å². The molecular weight excluding hydrogens is 365 g/mol. The fraction of sp³-hybridized carbons (Fsp3) is 0.111. The van der Waals surface area contributed by atoms with Crippen LogP contribution in [0.3, 0.4) is 0 Å². The van der Waals surface area contributed by atoms with E-state index < -0.39 is 22.6 Å². The first-order valence-corrected chi connectivity index (χ1v) is 7.60. The summed E-state index contributed by atoms with van der Waals surface area (Å²) in [7, 11) is 0. The summed E-state index contributed by atoms with van der Waals surface area (Å²) < 4.78 is 42.8. The number of halogens is 3. The molecule has 27 heavy (non-hydrogen) atoms. The number of rotatable bonds is 3. The Balaban J connectivity index is 1.89. The van der Waals surface area contributed by atoms with E-state index in [1.807, 2.05) is 0 Å². The van der Waals surface area contributed by atoms with Crippen molar-refractivity contribution in [3.63, 3.8) is 0 Å². The fourth-order valence-electron chi connectivity index (χ4n) is 2.45. The number of esters is 1. The number of ether oxygens (including phenoxy) is 1. The van der Waals surface area contributed by atoms with Gasteiger partial charge in [0.2, 0.25) is 5.90 Å². The van der Waals surface area contributed by atoms with Gasteiger partial charge in [0.15, 0.2) is 5.70 Å². The molecule has 0 amide bonds. The van der Waals surface area contributed by atoms with E-state index in [-0.39, 0.29) is 17.3 Å². The first-order chi connectivity index (χ1) is 12.6. The summed E-state index contributed by atoms with van der Waals surface area (Å²) in [6.45, 7) is 1.54. The van der Waals surface area contributed by atoms with Gasteiger partial charge in [0, 0.05) is 17.2 Å². The van der Waals surface area contributed by atoms with Crippen LogP contribution in [0, 0.1) is 17.0 Å². The molecule has 1 heterocycles. The number of cyclic esters (lactones) is 1. The first kappa shape index (κ1) is 18.3. The number of carbonyl (C=O) groups excluding carboxylic acids is 1. The third-order valence-corrected chi connectivity index (χ3v) is 3.80. The van der Waals surface area contributed by atoms with Crippen molar-refractivity contribution in [3.8, 4) is 0 Å². The second-order valence-electron chi connectivity index (χ2n) is 5.71. The zero-order valence-electron chi connectivity index (χ0n) is 13.8. The molecule has 0 aromatic heterocycles. The average molecular weight is 376 g/mol. The van der Waals surface area contributed by atoms with Crippen molar-refractivity contribution in [3.05, 3.63) is 80.5 Å². The second kappa shape index (κ2) is 6.67. The summed E-state index contributed by atoms with van der Waals surface area (Å²) in [5.74, 6) is -0.794. The highest BCUT2D eigenvalue weighted by molar-refractivity contribution is 6.13. The lowest BCUT2D eigenvalue weighted by atomic mass is 10.1. The van der Waals surface area contributed by atoms with Crippen LogP contribution < -0.4 is 0 Å². The van der Waals surface area contributed by atoms with Crippen molar-refractivity contribution < 1.29 is 27.6 Å². The number of nitro groups is 1. The van der Waals surface area contributed by atoms with Gasteiger partial charge in [0.1, 0.15) is 0 Å². The lowest BCUT2D eigenvalue weighted by Gasteiger charge is -2.05. The summed E-state index contributed by atoms with van der Waals surface area (Å²) in [6.07, 6.45) is -3.15. The summed E-state index contributed by atoms with van der Waals surface area (Å²) in [5.41, 5.74) is 0.132. The zero-order valence-corrected chi connectivity index (χ0v) is 13.8. The molecule has 2 aromatic rings. The number of alkyl halides is 3. The van der Waals surface area contributed by atoms with E-state index >= 15 is 0 Å². The number of hydrogen-bond acceptors (Lipinski definition) is 5. The van der Waals surface area contributed by atoms with Crippen molar-refractivity contribution in [2.24, 2.45) is 4.99 Å². The van der Waals surface area contributed by atoms with E-state index in [9.17, 15) is 28.1 Å². The molecule has 0 atom stereocenters. The van der Waals surface area contributed by atoms with Crippen molar-refractivity contribution in [1.82, 2.24) is 0 Å². The standard InChI is InChI=1S/C18H11F3N2O4/c1-10-8-12(4-7-15(10)23(25)26)16-22-14(17(24)27-16)9-11-2-5-13(6-3-11)18(19,20)21/h2-9H,1H3/b14-9-. The molecule has 138 valence electrons. The van der Waals surface area contributed by atoms with Crippen LogP contribution in [-0.2, 0) is 15.7 Å². The molecule has 0 N–H and O–H groups in total. The predicted molar refractivity (Wildman–Crippen MR) is 89.9 cm³/mol. The van der Waals surface area contributed by atoms with Gasteiger partial charge >= 0.3 is 12.1 Å². The van der Waals surface area contributed by atoms with E-state index in [4.69, 9.17) is 4.74 Å². The summed E-state index contributed by atoms with van der Waals surface area (Å²) in [6, 6.07) is 8.37. The zero-order chi connectivity index (χ0) is 19.8. The van der Waals surface area contributed by atoms with E-state index in [1.54, 1.807) is 0 Å². The van der Waals surface area contributed by atoms with Gasteiger partial charge in [0.25, 0.3) is 5.69 Å². The molecule has 0 saturated heterocycles. The molecule has 9 heteroatoms. The molecule has 6 nitrogen and oxygen atoms in total. The predicted octanol–water partition coefficient (Wildman–Crippen LogP) is 4.27. The van der Waals surface area contributed by atoms with Gasteiger partial charge in [-0.2, -0.15) is 13.2 Å². The molecule has 0 fully saturated rings. The number of carbonyl (C=O) groups is 1. The minimum Gasteiger partial charge on any atom is -0.402 e. The van der Waals surface area contributed by atoms with Crippen LogP contribution in [0.2, 0.25) is 0 Å². The number of nitrogens with zero attached hydrogens (tertiary/aromatic N) is 2. The highest BCUT2D eigenvalue weighted by atomic mass is 19.4. The van der Waals surface area contributed by atoms with E-state index in [1.165, 1.54) is 43.3 Å². The second-order valence-corrected chi connectivity index (χ2v) is 5.71. The van der Waals surface area contributed by atoms with Crippen LogP contribution in [0.25, 0.3) is 6.08 Å². The van der Waals surface area contributed by atoms with Gasteiger partial charge < -0.3 is 4.74 Å². The molecule has 1 aliphatic heterocycles. The number of hydrogen-bond donors (Lipinski definition) is 0. The normalized spacial score (nSPS) is 15.6. The summed E-state index contributed by atoms with van der Waals surface area (Å²) >= 11 is 0. The van der Waals surface area contributed by atoms with E-state index in [0.717, 1.165) is 12.1 Å². The van der Waals surface area contributed by atoms with Crippen LogP contribution in [0.5, 0.6) is 0 Å². The third kappa shape index (κ3) is 3.86. The maximum atomic E-state index is 12.6. The number of nitro benzene ring substituents is 1. The van der Waals surface area contributed by atoms with Gasteiger partial charge in [-0.15, -0.1) is 0 Å². The van der Waals surface area contributed by atoms with Crippen LogP contribution in [0.15, 0.2) is 53.2 Å². The van der Waals surface area contributed by atoms with Gasteiger partial charge in [-0.1, -0.05) is 12.1 Å². The molecular formula is C18H11F3N2O4. The molecule has 0 saturated carbocycles. The molecule has 1 aliphatic rings. The lowest BCUT2D eigenvalue weighted by Crippen LogP contribution is -2.06. The number of benzene rings is 2. The largest absolute Gasteiger partial charge is 0.416 e. The Bertz CT molecular complexity index is 993. The van der Waals surface area contributed by atoms with Crippen LogP contribution in [0.4, 0.5) is 18.9 Å². The molecule has 3 rings (SSSR count). The van der Waals surface area contributed by atoms with Crippen molar-refractivity contribution >= 4 is 23.6 Å². The first-order valence-electron chi connectivity index (χ1n) is 7.60. The Hall–Kier alpha value is -3.49. The Labute approximate surface area is 150 Å². The average Bonchev–Trinajstić information content (AvgIpc) is 2.95. The fourth-order valence-corrected chi connectivity index (χ4v) is 2.45. The highest BCUT2D eigenvalue weighted by Crippen LogP contribution is 2.30. The quantitative estimate of drug-likeness (QED) is 0.347. The molecule has 0 unspecified atom stereocenters. The van der Waals surface area contributed by atoms with E-state index in [2.05, 4.69) is 4.99 Å². The molecule has 0 bridgehead atoms. The van der Waals surface area contributed by atoms with Crippen molar-refractivity contribution in [2.75, 3.05) is 0 Å². The monoisotopic (exact) mass is 376 g/mol. The minimum atomic E-state index is -4.45. The Kier molecular flexibility index (Phi) is 4.52. The molecule has 2 aromatic carbocycles. The number of aryl methyl sites for hydroxylation is 1. The SMILES string of the molecule is Cc1cc(C2=N/C(=C\c3ccc(C(F)(F)F)cc3)C(=O)O2)ccc1[N+](=O)[O-]. The maximum absolute atomic E-state index is 12.6. The number of aliphatic imine (C=N–C) groups is 1. The Morgan fingerprint density at radius 1 is 1.15 bits per heavy atom. The van der Waals surface area contributed by atoms with Gasteiger partial charge in [-0.25, -0.2) is 9.79 Å². The summed E-state index contributed by atoms with van der Waals surface area (Å²) in [5, 5.41) is 10.9. The third-order valence-electron chi connectivity index (χ3n) is 3.80. The van der Waals surface area contributed by atoms with Crippen LogP contribution in [0.1, 0.15) is 22.3 Å². The van der Waals surface area contributed by atoms with Crippen molar-refractivity contribution in [2.45, 2.75) is 13.1 Å². The minimum absolute atomic E-state index is 0.0313. The molecule has 0 radical (unpaired) electrons. The van der Waals surface area contributed by atoms with Crippen LogP contribution >= 0.6 is 0 Å². The van der Waals surface area contributed by atoms with Crippen molar-refractivity contribution in [1.29, 1.82) is 0 Å². The molecule has 0 aliphatic carbocycles.